The molecule has 0 aliphatic heterocycles. The zero-order chi connectivity index (χ0) is 14.8. The molecule has 1 rings (SSSR count). The van der Waals surface area contributed by atoms with Crippen LogP contribution in [0.4, 0.5) is 0 Å². The number of hydrogen-bond donors (Lipinski definition) is 1. The summed E-state index contributed by atoms with van der Waals surface area (Å²) in [4.78, 5) is 2.29. The number of ether oxygens (including phenoxy) is 2. The molecule has 0 saturated heterocycles. The van der Waals surface area contributed by atoms with Gasteiger partial charge < -0.3 is 14.6 Å². The Bertz CT molecular complexity index is 366. The third kappa shape index (κ3) is 5.02. The van der Waals surface area contributed by atoms with Crippen LogP contribution < -0.4 is 9.47 Å². The van der Waals surface area contributed by atoms with Gasteiger partial charge in [0.1, 0.15) is 6.61 Å². The van der Waals surface area contributed by atoms with E-state index >= 15 is 0 Å². The normalized spacial score (nSPS) is 11.1. The Kier molecular flexibility index (Phi) is 8.07. The third-order valence-electron chi connectivity index (χ3n) is 3.55. The summed E-state index contributed by atoms with van der Waals surface area (Å²) in [6, 6.07) is 8.16. The number of rotatable bonds is 10. The smallest absolute Gasteiger partial charge is 0.161 e. The summed E-state index contributed by atoms with van der Waals surface area (Å²) in [6.45, 7) is 6.65. The Morgan fingerprint density at radius 1 is 1.10 bits per heavy atom. The van der Waals surface area contributed by atoms with Gasteiger partial charge in [-0.2, -0.15) is 0 Å². The summed E-state index contributed by atoms with van der Waals surface area (Å²) >= 11 is 0. The Labute approximate surface area is 122 Å². The van der Waals surface area contributed by atoms with E-state index in [2.05, 4.69) is 18.7 Å². The molecule has 0 heterocycles. The van der Waals surface area contributed by atoms with Crippen LogP contribution in [-0.4, -0.2) is 49.5 Å². The summed E-state index contributed by atoms with van der Waals surface area (Å²) in [7, 11) is 1.64. The number of para-hydroxylation sites is 2. The molecule has 1 N–H and O–H groups in total. The van der Waals surface area contributed by atoms with E-state index in [0.29, 0.717) is 19.2 Å². The van der Waals surface area contributed by atoms with E-state index in [1.807, 2.05) is 24.3 Å². The van der Waals surface area contributed by atoms with E-state index in [9.17, 15) is 5.11 Å². The van der Waals surface area contributed by atoms with Crippen LogP contribution in [0.15, 0.2) is 24.3 Å². The zero-order valence-corrected chi connectivity index (χ0v) is 12.8. The molecule has 4 nitrogen and oxygen atoms in total. The predicted octanol–water partition coefficient (Wildman–Crippen LogP) is 2.56. The van der Waals surface area contributed by atoms with Crippen molar-refractivity contribution in [2.75, 3.05) is 33.4 Å². The van der Waals surface area contributed by atoms with Gasteiger partial charge in [-0.05, 0) is 25.0 Å². The van der Waals surface area contributed by atoms with Crippen LogP contribution in [0.1, 0.15) is 26.7 Å². The molecule has 0 amide bonds. The number of aliphatic hydroxyl groups is 1. The number of nitrogens with zero attached hydrogens (tertiary/aromatic N) is 1. The number of methoxy groups -OCH3 is 1. The fourth-order valence-electron chi connectivity index (χ4n) is 2.42. The van der Waals surface area contributed by atoms with Crippen LogP contribution in [0.25, 0.3) is 0 Å². The molecule has 4 heteroatoms. The van der Waals surface area contributed by atoms with Crippen molar-refractivity contribution in [3.63, 3.8) is 0 Å². The molecule has 0 bridgehead atoms. The van der Waals surface area contributed by atoms with Gasteiger partial charge in [0.2, 0.25) is 0 Å². The van der Waals surface area contributed by atoms with E-state index in [1.54, 1.807) is 7.11 Å². The van der Waals surface area contributed by atoms with Gasteiger partial charge in [-0.15, -0.1) is 0 Å². The maximum atomic E-state index is 9.17. The quantitative estimate of drug-likeness (QED) is 0.715. The molecule has 0 unspecified atom stereocenters. The lowest BCUT2D eigenvalue weighted by molar-refractivity contribution is 0.121. The molecule has 0 spiro atoms. The third-order valence-corrected chi connectivity index (χ3v) is 3.55. The van der Waals surface area contributed by atoms with Crippen molar-refractivity contribution in [3.8, 4) is 11.5 Å². The fraction of sp³-hybridized carbons (Fsp3) is 0.625. The Balaban J connectivity index is 2.51. The summed E-state index contributed by atoms with van der Waals surface area (Å²) in [5.41, 5.74) is 0. The van der Waals surface area contributed by atoms with Crippen LogP contribution in [0.2, 0.25) is 0 Å². The van der Waals surface area contributed by atoms with Gasteiger partial charge in [0.25, 0.3) is 0 Å². The van der Waals surface area contributed by atoms with Crippen molar-refractivity contribution in [3.05, 3.63) is 24.3 Å². The fourth-order valence-corrected chi connectivity index (χ4v) is 2.42. The first-order chi connectivity index (χ1) is 9.76. The first-order valence-electron chi connectivity index (χ1n) is 7.37. The van der Waals surface area contributed by atoms with Crippen LogP contribution in [-0.2, 0) is 0 Å². The molecule has 0 radical (unpaired) electrons. The molecule has 1 aromatic rings. The van der Waals surface area contributed by atoms with Crippen molar-refractivity contribution in [2.45, 2.75) is 32.7 Å². The first kappa shape index (κ1) is 16.8. The van der Waals surface area contributed by atoms with Gasteiger partial charge in [-0.25, -0.2) is 0 Å². The minimum absolute atomic E-state index is 0.186. The second-order valence-corrected chi connectivity index (χ2v) is 4.73. The van der Waals surface area contributed by atoms with Gasteiger partial charge in [-0.1, -0.05) is 26.0 Å². The summed E-state index contributed by atoms with van der Waals surface area (Å²) in [5, 5.41) is 9.17. The molecule has 0 aliphatic rings. The molecule has 1 aromatic carbocycles. The van der Waals surface area contributed by atoms with Crippen LogP contribution in [0.5, 0.6) is 11.5 Å². The highest BCUT2D eigenvalue weighted by Gasteiger charge is 2.14. The maximum absolute atomic E-state index is 9.17. The SMILES string of the molecule is CCC(CC)N(CCO)CCOc1ccccc1OC. The summed E-state index contributed by atoms with van der Waals surface area (Å²) in [6.07, 6.45) is 2.18. The Morgan fingerprint density at radius 2 is 1.75 bits per heavy atom. The standard InChI is InChI=1S/C16H27NO3/c1-4-14(5-2)17(10-12-18)11-13-20-16-9-7-6-8-15(16)19-3/h6-9,14,18H,4-5,10-13H2,1-3H3. The van der Waals surface area contributed by atoms with Crippen LogP contribution in [0.3, 0.4) is 0 Å². The van der Waals surface area contributed by atoms with Crippen molar-refractivity contribution in [1.82, 2.24) is 4.90 Å². The lowest BCUT2D eigenvalue weighted by Crippen LogP contribution is -2.39. The Hall–Kier alpha value is -1.26. The van der Waals surface area contributed by atoms with Crippen LogP contribution in [0, 0.1) is 0 Å². The maximum Gasteiger partial charge on any atom is 0.161 e. The molecule has 0 fully saturated rings. The van der Waals surface area contributed by atoms with E-state index < -0.39 is 0 Å². The molecule has 0 aromatic heterocycles. The second-order valence-electron chi connectivity index (χ2n) is 4.73. The molecular weight excluding hydrogens is 254 g/mol. The van der Waals surface area contributed by atoms with E-state index in [-0.39, 0.29) is 6.61 Å². The number of hydrogen-bond acceptors (Lipinski definition) is 4. The van der Waals surface area contributed by atoms with Gasteiger partial charge >= 0.3 is 0 Å². The molecule has 0 saturated carbocycles. The van der Waals surface area contributed by atoms with Crippen molar-refractivity contribution >= 4 is 0 Å². The van der Waals surface area contributed by atoms with Crippen LogP contribution >= 0.6 is 0 Å². The highest BCUT2D eigenvalue weighted by molar-refractivity contribution is 5.39. The average molecular weight is 281 g/mol. The van der Waals surface area contributed by atoms with E-state index in [1.165, 1.54) is 0 Å². The van der Waals surface area contributed by atoms with E-state index in [0.717, 1.165) is 30.9 Å². The molecule has 0 atom stereocenters. The molecule has 20 heavy (non-hydrogen) atoms. The van der Waals surface area contributed by atoms with Gasteiger partial charge in [-0.3, -0.25) is 4.90 Å². The van der Waals surface area contributed by atoms with Gasteiger partial charge in [0, 0.05) is 19.1 Å². The van der Waals surface area contributed by atoms with Crippen molar-refractivity contribution in [1.29, 1.82) is 0 Å². The van der Waals surface area contributed by atoms with Gasteiger partial charge in [0.15, 0.2) is 11.5 Å². The minimum Gasteiger partial charge on any atom is -0.493 e. The number of aliphatic hydroxyl groups excluding tert-OH is 1. The molecule has 114 valence electrons. The molecular formula is C16H27NO3. The Morgan fingerprint density at radius 3 is 2.30 bits per heavy atom. The highest BCUT2D eigenvalue weighted by Crippen LogP contribution is 2.25. The zero-order valence-electron chi connectivity index (χ0n) is 12.8. The predicted molar refractivity (Wildman–Crippen MR) is 81.5 cm³/mol. The lowest BCUT2D eigenvalue weighted by atomic mass is 10.1. The van der Waals surface area contributed by atoms with Crippen molar-refractivity contribution in [2.24, 2.45) is 0 Å². The van der Waals surface area contributed by atoms with Crippen molar-refractivity contribution < 1.29 is 14.6 Å². The monoisotopic (exact) mass is 281 g/mol. The first-order valence-corrected chi connectivity index (χ1v) is 7.37. The molecule has 0 aliphatic carbocycles. The summed E-state index contributed by atoms with van der Waals surface area (Å²) < 4.78 is 11.1. The largest absolute Gasteiger partial charge is 0.493 e. The average Bonchev–Trinajstić information content (AvgIpc) is 2.49. The lowest BCUT2D eigenvalue weighted by Gasteiger charge is -2.29. The number of benzene rings is 1. The summed E-state index contributed by atoms with van der Waals surface area (Å²) in [5.74, 6) is 1.52. The minimum atomic E-state index is 0.186. The second kappa shape index (κ2) is 9.61. The highest BCUT2D eigenvalue weighted by atomic mass is 16.5. The van der Waals surface area contributed by atoms with Gasteiger partial charge in [0.05, 0.1) is 13.7 Å². The topological polar surface area (TPSA) is 41.9 Å². The van der Waals surface area contributed by atoms with E-state index in [4.69, 9.17) is 9.47 Å².